The summed E-state index contributed by atoms with van der Waals surface area (Å²) in [4.78, 5) is 9.11. The van der Waals surface area contributed by atoms with E-state index < -0.39 is 0 Å². The van der Waals surface area contributed by atoms with E-state index in [-0.39, 0.29) is 0 Å². The number of rotatable bonds is 0. The van der Waals surface area contributed by atoms with Gasteiger partial charge in [-0.25, -0.2) is 0 Å². The third-order valence-electron chi connectivity index (χ3n) is 2.99. The van der Waals surface area contributed by atoms with Gasteiger partial charge in [0.05, 0.1) is 0 Å². The van der Waals surface area contributed by atoms with Gasteiger partial charge in [-0.15, -0.1) is 0 Å². The van der Waals surface area contributed by atoms with E-state index in [0.29, 0.717) is 14.5 Å². The monoisotopic (exact) mass is 284 g/mol. The number of hydrogen-bond donors (Lipinski definition) is 0. The Balaban J connectivity index is 2.24. The van der Waals surface area contributed by atoms with Crippen molar-refractivity contribution in [3.63, 3.8) is 0 Å². The molecule has 17 heavy (non-hydrogen) atoms. The molecule has 4 rings (SSSR count). The second kappa shape index (κ2) is 3.39. The molecule has 2 heterocycles. The Hall–Kier alpha value is -1.70. The van der Waals surface area contributed by atoms with Crippen molar-refractivity contribution < 1.29 is 0 Å². The van der Waals surface area contributed by atoms with Crippen LogP contribution in [0.3, 0.4) is 0 Å². The van der Waals surface area contributed by atoms with E-state index in [1.807, 2.05) is 17.2 Å². The van der Waals surface area contributed by atoms with Crippen molar-refractivity contribution in [2.75, 3.05) is 0 Å². The van der Waals surface area contributed by atoms with Gasteiger partial charge < -0.3 is 0 Å². The molecule has 0 saturated heterocycles. The fourth-order valence-corrected chi connectivity index (χ4v) is 3.65. The molecule has 0 spiro atoms. The molecule has 1 aromatic heterocycles. The van der Waals surface area contributed by atoms with Crippen LogP contribution in [0, 0.1) is 0 Å². The Morgan fingerprint density at radius 3 is 2.88 bits per heavy atom. The summed E-state index contributed by atoms with van der Waals surface area (Å²) in [6.07, 6.45) is 0. The first-order valence-electron chi connectivity index (χ1n) is 5.43. The third-order valence-corrected chi connectivity index (χ3v) is 4.66. The minimum atomic E-state index is 0.388. The summed E-state index contributed by atoms with van der Waals surface area (Å²) < 4.78 is 1.34. The number of aromatic nitrogens is 2. The average Bonchev–Trinajstić information content (AvgIpc) is 2.84. The molecule has 0 radical (unpaired) electrons. The third kappa shape index (κ3) is 1.33. The van der Waals surface area contributed by atoms with E-state index in [0.717, 1.165) is 16.7 Å². The molecule has 80 valence electrons. The van der Waals surface area contributed by atoms with E-state index in [4.69, 9.17) is 0 Å². The van der Waals surface area contributed by atoms with Crippen LogP contribution in [-0.4, -0.2) is 24.5 Å². The van der Waals surface area contributed by atoms with Crippen molar-refractivity contribution in [1.29, 1.82) is 0 Å². The number of nitrogens with zero attached hydrogens (tertiary/aromatic N) is 2. The first-order valence-corrected chi connectivity index (χ1v) is 7.28. The summed E-state index contributed by atoms with van der Waals surface area (Å²) in [7, 11) is 0. The van der Waals surface area contributed by atoms with Crippen LogP contribution in [0.2, 0.25) is 0 Å². The molecule has 0 fully saturated rings. The normalized spacial score (nSPS) is 11.5. The van der Waals surface area contributed by atoms with Gasteiger partial charge in [0.25, 0.3) is 0 Å². The van der Waals surface area contributed by atoms with Gasteiger partial charge >= 0.3 is 104 Å². The summed E-state index contributed by atoms with van der Waals surface area (Å²) in [6, 6.07) is 14.7. The van der Waals surface area contributed by atoms with Crippen LogP contribution in [0.5, 0.6) is 0 Å². The first-order chi connectivity index (χ1) is 8.42. The predicted octanol–water partition coefficient (Wildman–Crippen LogP) is 2.94. The van der Waals surface area contributed by atoms with Crippen LogP contribution in [-0.2, 0) is 0 Å². The summed E-state index contributed by atoms with van der Waals surface area (Å²) in [5.41, 5.74) is 4.49. The molecular weight excluding hydrogens is 275 g/mol. The maximum absolute atomic E-state index is 4.69. The summed E-state index contributed by atoms with van der Waals surface area (Å²) in [5, 5.41) is 3.24. The first kappa shape index (κ1) is 9.34. The SMILES string of the molecule is c1ccc2nc3cc4[se]cnc4cc3c-2cc1. The van der Waals surface area contributed by atoms with Gasteiger partial charge in [-0.1, -0.05) is 0 Å². The average molecular weight is 283 g/mol. The van der Waals surface area contributed by atoms with Gasteiger partial charge in [0.15, 0.2) is 0 Å². The quantitative estimate of drug-likeness (QED) is 0.464. The molecule has 0 atom stereocenters. The Morgan fingerprint density at radius 2 is 1.88 bits per heavy atom. The van der Waals surface area contributed by atoms with Gasteiger partial charge in [-0.3, -0.25) is 0 Å². The molecule has 1 aromatic carbocycles. The van der Waals surface area contributed by atoms with Crippen LogP contribution in [0.15, 0.2) is 47.5 Å². The summed E-state index contributed by atoms with van der Waals surface area (Å²) in [5.74, 6) is 0. The number of benzene rings is 1. The Morgan fingerprint density at radius 1 is 0.941 bits per heavy atom. The van der Waals surface area contributed by atoms with Gasteiger partial charge in [-0.2, -0.15) is 0 Å². The summed E-state index contributed by atoms with van der Waals surface area (Å²) in [6.45, 7) is 0. The van der Waals surface area contributed by atoms with Gasteiger partial charge in [0.2, 0.25) is 0 Å². The molecule has 2 nitrogen and oxygen atoms in total. The molecule has 0 amide bonds. The van der Waals surface area contributed by atoms with Crippen molar-refractivity contribution in [2.45, 2.75) is 0 Å². The zero-order valence-electron chi connectivity index (χ0n) is 8.92. The second-order valence-corrected chi connectivity index (χ2v) is 5.87. The van der Waals surface area contributed by atoms with Crippen LogP contribution in [0.25, 0.3) is 31.9 Å². The van der Waals surface area contributed by atoms with Gasteiger partial charge in [-0.05, 0) is 0 Å². The molecular formula is C14H8N2Se. The maximum atomic E-state index is 4.69. The molecule has 0 saturated carbocycles. The standard InChI is InChI=1S/C14H8N2Se/c1-2-4-9-10-6-13-14(17-8-15-13)7-12(10)16-11(9)5-3-1/h1-8H. The van der Waals surface area contributed by atoms with Crippen LogP contribution >= 0.6 is 0 Å². The van der Waals surface area contributed by atoms with Crippen LogP contribution in [0.4, 0.5) is 0 Å². The zero-order chi connectivity index (χ0) is 11.2. The summed E-state index contributed by atoms with van der Waals surface area (Å²) >= 11 is 0.388. The van der Waals surface area contributed by atoms with E-state index in [1.165, 1.54) is 15.2 Å². The molecule has 0 unspecified atom stereocenters. The molecule has 2 aliphatic rings. The van der Waals surface area contributed by atoms with Crippen molar-refractivity contribution >= 4 is 35.2 Å². The fraction of sp³-hybridized carbons (Fsp3) is 0. The van der Waals surface area contributed by atoms with E-state index >= 15 is 0 Å². The number of hydrogen-bond acceptors (Lipinski definition) is 2. The molecule has 1 aliphatic carbocycles. The molecule has 2 aromatic rings. The van der Waals surface area contributed by atoms with E-state index in [9.17, 15) is 0 Å². The van der Waals surface area contributed by atoms with Crippen LogP contribution < -0.4 is 0 Å². The predicted molar refractivity (Wildman–Crippen MR) is 70.6 cm³/mol. The van der Waals surface area contributed by atoms with E-state index in [2.05, 4.69) is 40.3 Å². The molecule has 0 N–H and O–H groups in total. The van der Waals surface area contributed by atoms with Crippen molar-refractivity contribution in [2.24, 2.45) is 0 Å². The van der Waals surface area contributed by atoms with Crippen molar-refractivity contribution in [3.8, 4) is 11.3 Å². The Kier molecular flexibility index (Phi) is 1.86. The van der Waals surface area contributed by atoms with Crippen LogP contribution in [0.1, 0.15) is 0 Å². The minimum absolute atomic E-state index is 0.388. The van der Waals surface area contributed by atoms with Crippen molar-refractivity contribution in [3.05, 3.63) is 47.5 Å². The number of fused-ring (bicyclic) bond motifs is 4. The van der Waals surface area contributed by atoms with E-state index in [1.54, 1.807) is 0 Å². The Labute approximate surface area is 104 Å². The van der Waals surface area contributed by atoms with Gasteiger partial charge in [0, 0.05) is 0 Å². The molecule has 0 bridgehead atoms. The topological polar surface area (TPSA) is 25.8 Å². The Bertz CT molecular complexity index is 804. The molecule has 3 heteroatoms. The second-order valence-electron chi connectivity index (χ2n) is 4.01. The zero-order valence-corrected chi connectivity index (χ0v) is 10.6. The fourth-order valence-electron chi connectivity index (χ4n) is 2.19. The van der Waals surface area contributed by atoms with Gasteiger partial charge in [0.1, 0.15) is 0 Å². The van der Waals surface area contributed by atoms with Crippen molar-refractivity contribution in [1.82, 2.24) is 9.97 Å². The molecule has 1 aliphatic heterocycles.